The first-order valence-electron chi connectivity index (χ1n) is 7.86. The van der Waals surface area contributed by atoms with E-state index < -0.39 is 16.1 Å². The molecule has 0 radical (unpaired) electrons. The summed E-state index contributed by atoms with van der Waals surface area (Å²) in [6.07, 6.45) is 3.12. The Morgan fingerprint density at radius 1 is 1.22 bits per heavy atom. The fourth-order valence-electron chi connectivity index (χ4n) is 2.59. The highest BCUT2D eigenvalue weighted by Crippen LogP contribution is 2.28. The Balaban J connectivity index is 2.15. The summed E-state index contributed by atoms with van der Waals surface area (Å²) in [5.74, 6) is 0. The molecule has 0 aliphatic carbocycles. The second-order valence-electron chi connectivity index (χ2n) is 5.88. The van der Waals surface area contributed by atoms with Crippen molar-refractivity contribution in [2.75, 3.05) is 7.05 Å². The van der Waals surface area contributed by atoms with Crippen molar-refractivity contribution in [3.63, 3.8) is 0 Å². The minimum absolute atomic E-state index is 0.0304. The number of rotatable bonds is 5. The van der Waals surface area contributed by atoms with Crippen LogP contribution in [0.3, 0.4) is 0 Å². The van der Waals surface area contributed by atoms with E-state index in [-0.39, 0.29) is 11.4 Å². The number of aromatic nitrogens is 2. The maximum atomic E-state index is 13.2. The molecule has 0 unspecified atom stereocenters. The van der Waals surface area contributed by atoms with E-state index in [4.69, 9.17) is 5.11 Å². The van der Waals surface area contributed by atoms with Gasteiger partial charge in [-0.25, -0.2) is 17.2 Å². The molecule has 0 saturated heterocycles. The number of pyridine rings is 1. The van der Waals surface area contributed by atoms with Gasteiger partial charge in [-0.1, -0.05) is 30.3 Å². The minimum Gasteiger partial charge on any atom is -0.465 e. The first-order chi connectivity index (χ1) is 12.8. The molecule has 0 bridgehead atoms. The summed E-state index contributed by atoms with van der Waals surface area (Å²) >= 11 is 3.24. The molecule has 27 heavy (non-hydrogen) atoms. The maximum Gasteiger partial charge on any atom is 0.407 e. The Kier molecular flexibility index (Phi) is 5.33. The van der Waals surface area contributed by atoms with Crippen LogP contribution in [0.5, 0.6) is 0 Å². The van der Waals surface area contributed by atoms with Crippen LogP contribution in [-0.4, -0.2) is 40.5 Å². The van der Waals surface area contributed by atoms with Crippen LogP contribution in [0.25, 0.3) is 11.3 Å². The molecule has 7 nitrogen and oxygen atoms in total. The number of hydrogen-bond donors (Lipinski definition) is 1. The van der Waals surface area contributed by atoms with E-state index in [1.165, 1.54) is 31.7 Å². The van der Waals surface area contributed by atoms with Gasteiger partial charge in [0.15, 0.2) is 0 Å². The lowest BCUT2D eigenvalue weighted by molar-refractivity contribution is 0.154. The molecule has 1 amide bonds. The number of nitrogens with zero attached hydrogens (tertiary/aromatic N) is 3. The highest BCUT2D eigenvalue weighted by atomic mass is 79.9. The zero-order chi connectivity index (χ0) is 19.6. The SMILES string of the molecule is CN(Cc1cc(-c2ccccc2)n(S(=O)(=O)c2cncc(Br)c2)c1)C(=O)O. The molecule has 2 heterocycles. The van der Waals surface area contributed by atoms with Gasteiger partial charge in [-0.15, -0.1) is 0 Å². The van der Waals surface area contributed by atoms with Gasteiger partial charge in [-0.2, -0.15) is 0 Å². The van der Waals surface area contributed by atoms with E-state index in [2.05, 4.69) is 20.9 Å². The van der Waals surface area contributed by atoms with Crippen LogP contribution in [0.4, 0.5) is 4.79 Å². The predicted molar refractivity (Wildman–Crippen MR) is 104 cm³/mol. The van der Waals surface area contributed by atoms with Gasteiger partial charge < -0.3 is 10.0 Å². The van der Waals surface area contributed by atoms with Crippen LogP contribution in [0.15, 0.2) is 70.4 Å². The number of halogens is 1. The zero-order valence-electron chi connectivity index (χ0n) is 14.3. The Morgan fingerprint density at radius 2 is 1.93 bits per heavy atom. The Labute approximate surface area is 165 Å². The van der Waals surface area contributed by atoms with E-state index in [1.807, 2.05) is 18.2 Å². The molecule has 1 aromatic carbocycles. The number of carboxylic acid groups (broad SMARTS) is 1. The molecular weight excluding hydrogens is 434 g/mol. The lowest BCUT2D eigenvalue weighted by Gasteiger charge is -2.11. The second kappa shape index (κ2) is 7.53. The smallest absolute Gasteiger partial charge is 0.407 e. The van der Waals surface area contributed by atoms with Gasteiger partial charge in [0.25, 0.3) is 10.0 Å². The molecule has 0 fully saturated rings. The molecule has 0 spiro atoms. The fraction of sp³-hybridized carbons (Fsp3) is 0.111. The highest BCUT2D eigenvalue weighted by molar-refractivity contribution is 9.10. The third kappa shape index (κ3) is 4.04. The molecule has 3 rings (SSSR count). The maximum absolute atomic E-state index is 13.2. The number of benzene rings is 1. The van der Waals surface area contributed by atoms with Crippen molar-refractivity contribution < 1.29 is 18.3 Å². The Hall–Kier alpha value is -2.65. The van der Waals surface area contributed by atoms with Crippen molar-refractivity contribution in [3.05, 3.63) is 71.1 Å². The van der Waals surface area contributed by atoms with Gasteiger partial charge in [-0.05, 0) is 39.2 Å². The molecule has 0 atom stereocenters. The third-order valence-corrected chi connectivity index (χ3v) is 5.97. The van der Waals surface area contributed by atoms with Crippen molar-refractivity contribution in [3.8, 4) is 11.3 Å². The minimum atomic E-state index is -3.92. The van der Waals surface area contributed by atoms with Crippen LogP contribution in [0.2, 0.25) is 0 Å². The normalized spacial score (nSPS) is 11.3. The third-order valence-electron chi connectivity index (χ3n) is 3.90. The molecule has 140 valence electrons. The Morgan fingerprint density at radius 3 is 2.56 bits per heavy atom. The summed E-state index contributed by atoms with van der Waals surface area (Å²) in [5, 5.41) is 9.09. The lowest BCUT2D eigenvalue weighted by atomic mass is 10.1. The van der Waals surface area contributed by atoms with Crippen molar-refractivity contribution in [1.29, 1.82) is 0 Å². The van der Waals surface area contributed by atoms with Crippen molar-refractivity contribution >= 4 is 32.0 Å². The number of hydrogen-bond acceptors (Lipinski definition) is 4. The highest BCUT2D eigenvalue weighted by Gasteiger charge is 2.23. The summed E-state index contributed by atoms with van der Waals surface area (Å²) in [7, 11) is -2.49. The van der Waals surface area contributed by atoms with Crippen LogP contribution < -0.4 is 0 Å². The molecule has 1 N–H and O–H groups in total. The van der Waals surface area contributed by atoms with E-state index in [1.54, 1.807) is 18.2 Å². The van der Waals surface area contributed by atoms with Gasteiger partial charge in [-0.3, -0.25) is 4.98 Å². The van der Waals surface area contributed by atoms with Gasteiger partial charge in [0.05, 0.1) is 12.2 Å². The van der Waals surface area contributed by atoms with Gasteiger partial charge in [0.2, 0.25) is 0 Å². The zero-order valence-corrected chi connectivity index (χ0v) is 16.7. The second-order valence-corrected chi connectivity index (χ2v) is 8.61. The van der Waals surface area contributed by atoms with Gasteiger partial charge in [0.1, 0.15) is 4.90 Å². The first-order valence-corrected chi connectivity index (χ1v) is 10.1. The molecule has 0 aliphatic rings. The summed E-state index contributed by atoms with van der Waals surface area (Å²) in [5.41, 5.74) is 1.71. The molecule has 3 aromatic rings. The average molecular weight is 450 g/mol. The van der Waals surface area contributed by atoms with Crippen molar-refractivity contribution in [2.24, 2.45) is 0 Å². The van der Waals surface area contributed by atoms with Gasteiger partial charge >= 0.3 is 6.09 Å². The molecule has 2 aromatic heterocycles. The number of carbonyl (C=O) groups is 1. The lowest BCUT2D eigenvalue weighted by Crippen LogP contribution is -2.23. The van der Waals surface area contributed by atoms with Crippen LogP contribution in [0, 0.1) is 0 Å². The molecule has 0 aliphatic heterocycles. The largest absolute Gasteiger partial charge is 0.465 e. The van der Waals surface area contributed by atoms with Crippen molar-refractivity contribution in [2.45, 2.75) is 11.4 Å². The first kappa shape index (κ1) is 19.1. The van der Waals surface area contributed by atoms with E-state index in [0.29, 0.717) is 21.3 Å². The number of amides is 1. The molecule has 9 heteroatoms. The van der Waals surface area contributed by atoms with E-state index >= 15 is 0 Å². The van der Waals surface area contributed by atoms with Crippen LogP contribution in [-0.2, 0) is 16.6 Å². The quantitative estimate of drug-likeness (QED) is 0.641. The van der Waals surface area contributed by atoms with Crippen LogP contribution >= 0.6 is 15.9 Å². The monoisotopic (exact) mass is 449 g/mol. The summed E-state index contributed by atoms with van der Waals surface area (Å²) in [6, 6.07) is 12.2. The average Bonchev–Trinajstić information content (AvgIpc) is 3.07. The standard InChI is InChI=1S/C18H16BrN3O4S/c1-21(18(23)24)11-13-7-17(14-5-3-2-4-6-14)22(12-13)27(25,26)16-8-15(19)9-20-10-16/h2-10,12H,11H2,1H3,(H,23,24). The van der Waals surface area contributed by atoms with Gasteiger partial charge in [0, 0.05) is 30.1 Å². The van der Waals surface area contributed by atoms with E-state index in [9.17, 15) is 13.2 Å². The topological polar surface area (TPSA) is 92.5 Å². The molecular formula is C18H16BrN3O4S. The summed E-state index contributed by atoms with van der Waals surface area (Å²) in [6.45, 7) is 0.0639. The van der Waals surface area contributed by atoms with Crippen LogP contribution in [0.1, 0.15) is 5.56 Å². The van der Waals surface area contributed by atoms with E-state index in [0.717, 1.165) is 8.87 Å². The molecule has 0 saturated carbocycles. The predicted octanol–water partition coefficient (Wildman–Crippen LogP) is 3.66. The fourth-order valence-corrected chi connectivity index (χ4v) is 4.49. The summed E-state index contributed by atoms with van der Waals surface area (Å²) < 4.78 is 28.1. The Bertz CT molecular complexity index is 1080. The van der Waals surface area contributed by atoms with Crippen molar-refractivity contribution in [1.82, 2.24) is 13.9 Å². The summed E-state index contributed by atoms with van der Waals surface area (Å²) in [4.78, 5) is 16.2.